The van der Waals surface area contributed by atoms with Crippen molar-refractivity contribution in [1.29, 1.82) is 0 Å². The lowest BCUT2D eigenvalue weighted by Gasteiger charge is -2.35. The van der Waals surface area contributed by atoms with E-state index in [0.29, 0.717) is 47.6 Å². The van der Waals surface area contributed by atoms with Gasteiger partial charge in [0.1, 0.15) is 11.5 Å². The lowest BCUT2D eigenvalue weighted by atomic mass is 10.2. The van der Waals surface area contributed by atoms with Crippen LogP contribution in [0, 0.1) is 0 Å². The smallest absolute Gasteiger partial charge is 0.268 e. The van der Waals surface area contributed by atoms with E-state index in [0.717, 1.165) is 0 Å². The lowest BCUT2D eigenvalue weighted by molar-refractivity contribution is 0.0746. The number of anilines is 1. The molecular weight excluding hydrogens is 365 g/mol. The fourth-order valence-electron chi connectivity index (χ4n) is 2.63. The molecule has 2 amide bonds. The number of nitrogens with two attached hydrogens (primary N) is 1. The predicted octanol–water partition coefficient (Wildman–Crippen LogP) is 1.84. The second-order valence-electron chi connectivity index (χ2n) is 5.56. The van der Waals surface area contributed by atoms with Gasteiger partial charge in [0.15, 0.2) is 0 Å². The van der Waals surface area contributed by atoms with Crippen LogP contribution in [0.4, 0.5) is 5.82 Å². The Morgan fingerprint density at radius 3 is 2.24 bits per heavy atom. The SMILES string of the molecule is NC(=O)c1cncc(N2CCN(C(=O)c3cc(Cl)cc(Cl)c3)CC2)n1. The average molecular weight is 380 g/mol. The third-order valence-electron chi connectivity index (χ3n) is 3.87. The molecule has 1 aromatic carbocycles. The third-order valence-corrected chi connectivity index (χ3v) is 4.31. The van der Waals surface area contributed by atoms with E-state index in [1.807, 2.05) is 4.90 Å². The first-order valence-electron chi connectivity index (χ1n) is 7.56. The Kier molecular flexibility index (Phi) is 5.06. The summed E-state index contributed by atoms with van der Waals surface area (Å²) in [5, 5.41) is 0.848. The van der Waals surface area contributed by atoms with E-state index in [1.54, 1.807) is 29.3 Å². The number of carbonyl (C=O) groups excluding carboxylic acids is 2. The van der Waals surface area contributed by atoms with E-state index < -0.39 is 5.91 Å². The molecule has 1 saturated heterocycles. The quantitative estimate of drug-likeness (QED) is 0.877. The summed E-state index contributed by atoms with van der Waals surface area (Å²) in [5.41, 5.74) is 5.80. The van der Waals surface area contributed by atoms with Crippen LogP contribution in [-0.2, 0) is 0 Å². The Hall–Kier alpha value is -2.38. The molecule has 0 atom stereocenters. The van der Waals surface area contributed by atoms with Crippen molar-refractivity contribution in [1.82, 2.24) is 14.9 Å². The molecule has 0 saturated carbocycles. The molecule has 2 aromatic rings. The molecule has 25 heavy (non-hydrogen) atoms. The number of halogens is 2. The first kappa shape index (κ1) is 17.4. The van der Waals surface area contributed by atoms with Crippen molar-refractivity contribution in [3.05, 3.63) is 51.9 Å². The highest BCUT2D eigenvalue weighted by Crippen LogP contribution is 2.21. The summed E-state index contributed by atoms with van der Waals surface area (Å²) < 4.78 is 0. The van der Waals surface area contributed by atoms with Gasteiger partial charge in [-0.1, -0.05) is 23.2 Å². The fourth-order valence-corrected chi connectivity index (χ4v) is 3.15. The molecule has 9 heteroatoms. The number of piperazine rings is 1. The summed E-state index contributed by atoms with van der Waals surface area (Å²) in [5.74, 6) is -0.184. The maximum absolute atomic E-state index is 12.6. The van der Waals surface area contributed by atoms with Crippen LogP contribution in [0.1, 0.15) is 20.8 Å². The molecule has 1 aliphatic rings. The summed E-state index contributed by atoms with van der Waals surface area (Å²) in [7, 11) is 0. The van der Waals surface area contributed by atoms with Crippen molar-refractivity contribution in [3.8, 4) is 0 Å². The molecule has 0 aliphatic carbocycles. The minimum absolute atomic E-state index is 0.115. The molecule has 0 bridgehead atoms. The van der Waals surface area contributed by atoms with Crippen molar-refractivity contribution >= 4 is 40.8 Å². The number of primary amides is 1. The van der Waals surface area contributed by atoms with Crippen LogP contribution in [0.15, 0.2) is 30.6 Å². The zero-order valence-electron chi connectivity index (χ0n) is 13.2. The van der Waals surface area contributed by atoms with E-state index >= 15 is 0 Å². The number of hydrogen-bond acceptors (Lipinski definition) is 5. The van der Waals surface area contributed by atoms with Crippen LogP contribution in [0.2, 0.25) is 10.0 Å². The van der Waals surface area contributed by atoms with E-state index in [2.05, 4.69) is 9.97 Å². The van der Waals surface area contributed by atoms with Gasteiger partial charge in [-0.3, -0.25) is 14.6 Å². The van der Waals surface area contributed by atoms with Crippen LogP contribution in [0.5, 0.6) is 0 Å². The number of hydrogen-bond donors (Lipinski definition) is 1. The van der Waals surface area contributed by atoms with E-state index in [1.165, 1.54) is 6.20 Å². The topological polar surface area (TPSA) is 92.4 Å². The minimum atomic E-state index is -0.624. The maximum atomic E-state index is 12.6. The van der Waals surface area contributed by atoms with Gasteiger partial charge >= 0.3 is 0 Å². The Bertz CT molecular complexity index is 802. The summed E-state index contributed by atoms with van der Waals surface area (Å²) in [6, 6.07) is 4.79. The van der Waals surface area contributed by atoms with Crippen LogP contribution >= 0.6 is 23.2 Å². The average Bonchev–Trinajstić information content (AvgIpc) is 2.60. The van der Waals surface area contributed by atoms with Gasteiger partial charge in [-0.15, -0.1) is 0 Å². The Morgan fingerprint density at radius 2 is 1.64 bits per heavy atom. The molecule has 1 aliphatic heterocycles. The highest BCUT2D eigenvalue weighted by atomic mass is 35.5. The summed E-state index contributed by atoms with van der Waals surface area (Å²) >= 11 is 11.9. The first-order valence-corrected chi connectivity index (χ1v) is 8.32. The largest absolute Gasteiger partial charge is 0.364 e. The molecule has 1 aromatic heterocycles. The highest BCUT2D eigenvalue weighted by molar-refractivity contribution is 6.35. The third kappa shape index (κ3) is 4.00. The van der Waals surface area contributed by atoms with E-state index in [4.69, 9.17) is 28.9 Å². The maximum Gasteiger partial charge on any atom is 0.268 e. The molecule has 2 heterocycles. The monoisotopic (exact) mass is 379 g/mol. The van der Waals surface area contributed by atoms with Crippen molar-refractivity contribution < 1.29 is 9.59 Å². The van der Waals surface area contributed by atoms with Gasteiger partial charge in [-0.25, -0.2) is 4.98 Å². The van der Waals surface area contributed by atoms with E-state index in [-0.39, 0.29) is 11.6 Å². The van der Waals surface area contributed by atoms with Gasteiger partial charge < -0.3 is 15.5 Å². The number of aromatic nitrogens is 2. The highest BCUT2D eigenvalue weighted by Gasteiger charge is 2.24. The van der Waals surface area contributed by atoms with Gasteiger partial charge in [-0.05, 0) is 18.2 Å². The Morgan fingerprint density at radius 1 is 1.00 bits per heavy atom. The molecule has 0 unspecified atom stereocenters. The summed E-state index contributed by atoms with van der Waals surface area (Å²) in [6.45, 7) is 2.14. The van der Waals surface area contributed by atoms with Gasteiger partial charge in [0, 0.05) is 41.8 Å². The predicted molar refractivity (Wildman–Crippen MR) is 95.1 cm³/mol. The van der Waals surface area contributed by atoms with Gasteiger partial charge in [0.2, 0.25) is 0 Å². The summed E-state index contributed by atoms with van der Waals surface area (Å²) in [6.07, 6.45) is 2.90. The molecule has 7 nitrogen and oxygen atoms in total. The van der Waals surface area contributed by atoms with E-state index in [9.17, 15) is 9.59 Å². The number of carbonyl (C=O) groups is 2. The van der Waals surface area contributed by atoms with Crippen molar-refractivity contribution in [2.45, 2.75) is 0 Å². The van der Waals surface area contributed by atoms with Gasteiger partial charge in [0.05, 0.1) is 12.4 Å². The molecule has 3 rings (SSSR count). The van der Waals surface area contributed by atoms with Crippen molar-refractivity contribution in [3.63, 3.8) is 0 Å². The van der Waals surface area contributed by atoms with Crippen LogP contribution in [0.25, 0.3) is 0 Å². The van der Waals surface area contributed by atoms with Crippen LogP contribution in [0.3, 0.4) is 0 Å². The number of benzene rings is 1. The number of rotatable bonds is 3. The second kappa shape index (κ2) is 7.25. The van der Waals surface area contributed by atoms with Crippen molar-refractivity contribution in [2.75, 3.05) is 31.1 Å². The number of nitrogens with zero attached hydrogens (tertiary/aromatic N) is 4. The molecule has 1 fully saturated rings. The molecular formula is C16H15Cl2N5O2. The Balaban J connectivity index is 1.68. The number of amides is 2. The van der Waals surface area contributed by atoms with Gasteiger partial charge in [0.25, 0.3) is 11.8 Å². The minimum Gasteiger partial charge on any atom is -0.364 e. The lowest BCUT2D eigenvalue weighted by Crippen LogP contribution is -2.49. The molecule has 0 radical (unpaired) electrons. The van der Waals surface area contributed by atoms with Crippen LogP contribution < -0.4 is 10.6 Å². The zero-order valence-corrected chi connectivity index (χ0v) is 14.7. The van der Waals surface area contributed by atoms with Gasteiger partial charge in [-0.2, -0.15) is 0 Å². The molecule has 0 spiro atoms. The van der Waals surface area contributed by atoms with Crippen LogP contribution in [-0.4, -0.2) is 52.9 Å². The Labute approximate surface area is 154 Å². The second-order valence-corrected chi connectivity index (χ2v) is 6.44. The zero-order chi connectivity index (χ0) is 18.0. The molecule has 2 N–H and O–H groups in total. The standard InChI is InChI=1S/C16H15Cl2N5O2/c17-11-5-10(6-12(18)7-11)16(25)23-3-1-22(2-4-23)14-9-20-8-13(21-14)15(19)24/h5-9H,1-4H2,(H2,19,24). The van der Waals surface area contributed by atoms with Crippen molar-refractivity contribution in [2.24, 2.45) is 5.73 Å². The normalized spacial score (nSPS) is 14.5. The summed E-state index contributed by atoms with van der Waals surface area (Å²) in [4.78, 5) is 35.7. The fraction of sp³-hybridized carbons (Fsp3) is 0.250. The first-order chi connectivity index (χ1) is 11.9. The molecule has 130 valence electrons.